The van der Waals surface area contributed by atoms with Crippen LogP contribution in [0.3, 0.4) is 0 Å². The highest BCUT2D eigenvalue weighted by atomic mass is 79.9. The standard InChI is InChI=1S/C11H12BrNO3/c1-16-11(15)10(14)13-6-5-8-3-2-4-9(12)7-8/h2-4,7H,5-6H2,1H3,(H,13,14). The first-order valence-corrected chi connectivity index (χ1v) is 5.53. The minimum Gasteiger partial charge on any atom is -0.462 e. The molecular formula is C11H12BrNO3. The van der Waals surface area contributed by atoms with Crippen molar-refractivity contribution in [3.05, 3.63) is 34.3 Å². The molecule has 0 fully saturated rings. The van der Waals surface area contributed by atoms with E-state index in [4.69, 9.17) is 0 Å². The SMILES string of the molecule is COC(=O)C(=O)NCCc1cccc(Br)c1. The lowest BCUT2D eigenvalue weighted by molar-refractivity contribution is -0.152. The summed E-state index contributed by atoms with van der Waals surface area (Å²) < 4.78 is 5.27. The number of carbonyl (C=O) groups excluding carboxylic acids is 2. The van der Waals surface area contributed by atoms with Crippen LogP contribution in [0, 0.1) is 0 Å². The first-order valence-electron chi connectivity index (χ1n) is 4.74. The lowest BCUT2D eigenvalue weighted by Gasteiger charge is -2.04. The third-order valence-electron chi connectivity index (χ3n) is 1.96. The minimum atomic E-state index is -0.866. The number of methoxy groups -OCH3 is 1. The third kappa shape index (κ3) is 4.02. The van der Waals surface area contributed by atoms with E-state index < -0.39 is 11.9 Å². The summed E-state index contributed by atoms with van der Waals surface area (Å²) in [5, 5.41) is 2.47. The van der Waals surface area contributed by atoms with Crippen LogP contribution in [0.15, 0.2) is 28.7 Å². The summed E-state index contributed by atoms with van der Waals surface area (Å²) in [6.45, 7) is 0.407. The van der Waals surface area contributed by atoms with Gasteiger partial charge in [-0.1, -0.05) is 28.1 Å². The lowest BCUT2D eigenvalue weighted by Crippen LogP contribution is -2.33. The summed E-state index contributed by atoms with van der Waals surface area (Å²) in [4.78, 5) is 21.8. The predicted molar refractivity (Wildman–Crippen MR) is 62.9 cm³/mol. The zero-order valence-electron chi connectivity index (χ0n) is 8.83. The van der Waals surface area contributed by atoms with E-state index in [0.29, 0.717) is 13.0 Å². The molecule has 0 aliphatic carbocycles. The highest BCUT2D eigenvalue weighted by Crippen LogP contribution is 2.11. The van der Waals surface area contributed by atoms with Crippen molar-refractivity contribution in [2.45, 2.75) is 6.42 Å². The van der Waals surface area contributed by atoms with Crippen molar-refractivity contribution in [2.75, 3.05) is 13.7 Å². The maximum Gasteiger partial charge on any atom is 0.396 e. The van der Waals surface area contributed by atoms with Crippen LogP contribution >= 0.6 is 15.9 Å². The van der Waals surface area contributed by atoms with Gasteiger partial charge in [-0.05, 0) is 24.1 Å². The van der Waals surface area contributed by atoms with Crippen LogP contribution in [0.25, 0.3) is 0 Å². The van der Waals surface area contributed by atoms with Gasteiger partial charge in [0.15, 0.2) is 0 Å². The fraction of sp³-hybridized carbons (Fsp3) is 0.273. The normalized spacial score (nSPS) is 9.62. The van der Waals surface area contributed by atoms with Crippen molar-refractivity contribution in [1.29, 1.82) is 0 Å². The van der Waals surface area contributed by atoms with E-state index in [1.165, 1.54) is 7.11 Å². The number of nitrogens with one attached hydrogen (secondary N) is 1. The van der Waals surface area contributed by atoms with Crippen molar-refractivity contribution >= 4 is 27.8 Å². The van der Waals surface area contributed by atoms with Gasteiger partial charge in [-0.25, -0.2) is 4.79 Å². The van der Waals surface area contributed by atoms with Crippen molar-refractivity contribution in [3.63, 3.8) is 0 Å². The van der Waals surface area contributed by atoms with Crippen molar-refractivity contribution in [3.8, 4) is 0 Å². The Balaban J connectivity index is 2.36. The first-order chi connectivity index (χ1) is 7.63. The van der Waals surface area contributed by atoms with Gasteiger partial charge in [-0.3, -0.25) is 4.79 Å². The molecule has 1 N–H and O–H groups in total. The molecule has 0 aliphatic heterocycles. The number of carbonyl (C=O) groups is 2. The van der Waals surface area contributed by atoms with E-state index in [0.717, 1.165) is 10.0 Å². The van der Waals surface area contributed by atoms with Gasteiger partial charge in [0.25, 0.3) is 0 Å². The smallest absolute Gasteiger partial charge is 0.396 e. The third-order valence-corrected chi connectivity index (χ3v) is 2.45. The summed E-state index contributed by atoms with van der Waals surface area (Å²) in [7, 11) is 1.18. The molecule has 1 amide bonds. The maximum absolute atomic E-state index is 11.0. The van der Waals surface area contributed by atoms with Crippen LogP contribution in [-0.2, 0) is 20.7 Å². The van der Waals surface area contributed by atoms with Crippen molar-refractivity contribution in [2.24, 2.45) is 0 Å². The summed E-state index contributed by atoms with van der Waals surface area (Å²) in [6.07, 6.45) is 0.669. The number of amides is 1. The van der Waals surface area contributed by atoms with Crippen LogP contribution in [0.5, 0.6) is 0 Å². The Bertz CT molecular complexity index is 393. The average molecular weight is 286 g/mol. The van der Waals surface area contributed by atoms with Gasteiger partial charge >= 0.3 is 11.9 Å². The van der Waals surface area contributed by atoms with Gasteiger partial charge in [-0.2, -0.15) is 0 Å². The molecule has 0 heterocycles. The molecule has 1 rings (SSSR count). The quantitative estimate of drug-likeness (QED) is 0.672. The summed E-state index contributed by atoms with van der Waals surface area (Å²) in [5.74, 6) is -1.58. The lowest BCUT2D eigenvalue weighted by atomic mass is 10.1. The number of benzene rings is 1. The van der Waals surface area contributed by atoms with E-state index in [2.05, 4.69) is 26.0 Å². The Morgan fingerprint density at radius 1 is 1.44 bits per heavy atom. The Morgan fingerprint density at radius 2 is 2.19 bits per heavy atom. The second-order valence-corrected chi connectivity index (χ2v) is 4.04. The fourth-order valence-electron chi connectivity index (χ4n) is 1.18. The number of esters is 1. The van der Waals surface area contributed by atoms with E-state index >= 15 is 0 Å². The molecule has 86 valence electrons. The van der Waals surface area contributed by atoms with Gasteiger partial charge in [-0.15, -0.1) is 0 Å². The molecule has 0 unspecified atom stereocenters. The monoisotopic (exact) mass is 285 g/mol. The first kappa shape index (κ1) is 12.7. The Labute approximate surface area is 102 Å². The maximum atomic E-state index is 11.0. The Kier molecular flexibility index (Phi) is 4.98. The molecule has 0 spiro atoms. The zero-order valence-corrected chi connectivity index (χ0v) is 10.4. The minimum absolute atomic E-state index is 0.407. The zero-order chi connectivity index (χ0) is 12.0. The van der Waals surface area contributed by atoms with Crippen LogP contribution in [-0.4, -0.2) is 25.5 Å². The van der Waals surface area contributed by atoms with E-state index in [-0.39, 0.29) is 0 Å². The molecule has 0 aliphatic rings. The average Bonchev–Trinajstić information content (AvgIpc) is 2.28. The second-order valence-electron chi connectivity index (χ2n) is 3.13. The van der Waals surface area contributed by atoms with Crippen LogP contribution in [0.1, 0.15) is 5.56 Å². The predicted octanol–water partition coefficient (Wildman–Crippen LogP) is 1.28. The molecule has 0 aromatic heterocycles. The number of ether oxygens (including phenoxy) is 1. The number of hydrogen-bond acceptors (Lipinski definition) is 3. The van der Waals surface area contributed by atoms with Gasteiger partial charge in [0.2, 0.25) is 0 Å². The van der Waals surface area contributed by atoms with Crippen LogP contribution in [0.2, 0.25) is 0 Å². The van der Waals surface area contributed by atoms with Gasteiger partial charge < -0.3 is 10.1 Å². The second kappa shape index (κ2) is 6.27. The number of rotatable bonds is 3. The molecule has 1 aromatic rings. The molecule has 5 heteroatoms. The topological polar surface area (TPSA) is 55.4 Å². The Morgan fingerprint density at radius 3 is 2.81 bits per heavy atom. The molecule has 0 saturated heterocycles. The molecule has 0 saturated carbocycles. The van der Waals surface area contributed by atoms with Gasteiger partial charge in [0, 0.05) is 11.0 Å². The molecule has 16 heavy (non-hydrogen) atoms. The molecular weight excluding hydrogens is 274 g/mol. The van der Waals surface area contributed by atoms with Crippen LogP contribution < -0.4 is 5.32 Å². The molecule has 0 bridgehead atoms. The highest BCUT2D eigenvalue weighted by Gasteiger charge is 2.11. The highest BCUT2D eigenvalue weighted by molar-refractivity contribution is 9.10. The van der Waals surface area contributed by atoms with E-state index in [9.17, 15) is 9.59 Å². The largest absolute Gasteiger partial charge is 0.462 e. The van der Waals surface area contributed by atoms with E-state index in [1.807, 2.05) is 24.3 Å². The molecule has 1 aromatic carbocycles. The summed E-state index contributed by atoms with van der Waals surface area (Å²) in [5.41, 5.74) is 1.08. The van der Waals surface area contributed by atoms with Gasteiger partial charge in [0.05, 0.1) is 7.11 Å². The van der Waals surface area contributed by atoms with Gasteiger partial charge in [0.1, 0.15) is 0 Å². The van der Waals surface area contributed by atoms with Crippen molar-refractivity contribution < 1.29 is 14.3 Å². The Hall–Kier alpha value is -1.36. The van der Waals surface area contributed by atoms with Crippen molar-refractivity contribution in [1.82, 2.24) is 5.32 Å². The van der Waals surface area contributed by atoms with Crippen LogP contribution in [0.4, 0.5) is 0 Å². The van der Waals surface area contributed by atoms with E-state index in [1.54, 1.807) is 0 Å². The fourth-order valence-corrected chi connectivity index (χ4v) is 1.62. The number of hydrogen-bond donors (Lipinski definition) is 1. The molecule has 0 atom stereocenters. The summed E-state index contributed by atoms with van der Waals surface area (Å²) in [6, 6.07) is 7.76. The molecule has 0 radical (unpaired) electrons. The molecule has 4 nitrogen and oxygen atoms in total. The summed E-state index contributed by atoms with van der Waals surface area (Å²) >= 11 is 3.36. The number of halogens is 1.